The zero-order chi connectivity index (χ0) is 24.8. The van der Waals surface area contributed by atoms with Gasteiger partial charge in [-0.3, -0.25) is 13.9 Å². The Kier molecular flexibility index (Phi) is 10.2. The van der Waals surface area contributed by atoms with E-state index >= 15 is 0 Å². The fourth-order valence-corrected chi connectivity index (χ4v) is 4.74. The summed E-state index contributed by atoms with van der Waals surface area (Å²) in [6.45, 7) is 5.87. The molecule has 7 nitrogen and oxygen atoms in total. The highest BCUT2D eigenvalue weighted by atomic mass is 127. The first-order valence-electron chi connectivity index (χ1n) is 10.4. The summed E-state index contributed by atoms with van der Waals surface area (Å²) in [6.07, 6.45) is 1.07. The van der Waals surface area contributed by atoms with E-state index in [1.165, 1.54) is 4.90 Å². The number of hydrogen-bond acceptors (Lipinski definition) is 4. The van der Waals surface area contributed by atoms with Crippen molar-refractivity contribution < 1.29 is 18.0 Å². The number of carbonyl (C=O) groups excluding carboxylic acids is 2. The quantitative estimate of drug-likeness (QED) is 0.394. The van der Waals surface area contributed by atoms with Gasteiger partial charge in [-0.25, -0.2) is 8.42 Å². The first-order chi connectivity index (χ1) is 15.4. The van der Waals surface area contributed by atoms with E-state index in [0.29, 0.717) is 12.2 Å². The number of hydrogen-bond donors (Lipinski definition) is 1. The van der Waals surface area contributed by atoms with Crippen LogP contribution >= 0.6 is 38.5 Å². The van der Waals surface area contributed by atoms with Crippen LogP contribution in [0.2, 0.25) is 0 Å². The van der Waals surface area contributed by atoms with Crippen LogP contribution in [-0.4, -0.2) is 50.5 Å². The van der Waals surface area contributed by atoms with Crippen molar-refractivity contribution in [1.82, 2.24) is 10.2 Å². The summed E-state index contributed by atoms with van der Waals surface area (Å²) in [7, 11) is -3.73. The highest BCUT2D eigenvalue weighted by Crippen LogP contribution is 2.21. The summed E-state index contributed by atoms with van der Waals surface area (Å²) in [5.74, 6) is -0.490. The number of sulfonamides is 1. The van der Waals surface area contributed by atoms with Crippen LogP contribution in [0.1, 0.15) is 26.3 Å². The number of nitrogens with one attached hydrogen (secondary N) is 1. The molecule has 0 aliphatic carbocycles. The van der Waals surface area contributed by atoms with Crippen LogP contribution in [-0.2, 0) is 26.2 Å². The summed E-state index contributed by atoms with van der Waals surface area (Å²) in [5, 5.41) is 2.86. The smallest absolute Gasteiger partial charge is 0.244 e. The molecule has 0 saturated carbocycles. The summed E-state index contributed by atoms with van der Waals surface area (Å²) in [6, 6.07) is 13.5. The van der Waals surface area contributed by atoms with Crippen LogP contribution in [0.25, 0.3) is 0 Å². The Hall–Kier alpha value is -1.66. The fraction of sp³-hybridized carbons (Fsp3) is 0.391. The van der Waals surface area contributed by atoms with Crippen molar-refractivity contribution in [1.29, 1.82) is 0 Å². The molecule has 0 saturated heterocycles. The second-order valence-corrected chi connectivity index (χ2v) is 12.3. The van der Waals surface area contributed by atoms with Crippen molar-refractivity contribution in [2.45, 2.75) is 33.4 Å². The van der Waals surface area contributed by atoms with E-state index in [2.05, 4.69) is 43.8 Å². The molecule has 1 N–H and O–H groups in total. The number of nitrogens with zero attached hydrogens (tertiary/aromatic N) is 2. The molecule has 0 unspecified atom stereocenters. The van der Waals surface area contributed by atoms with Crippen molar-refractivity contribution in [2.75, 3.05) is 23.7 Å². The molecule has 33 heavy (non-hydrogen) atoms. The maximum absolute atomic E-state index is 13.4. The molecule has 1 atom stereocenters. The predicted molar refractivity (Wildman–Crippen MR) is 143 cm³/mol. The minimum atomic E-state index is -3.73. The van der Waals surface area contributed by atoms with Crippen molar-refractivity contribution in [3.63, 3.8) is 0 Å². The highest BCUT2D eigenvalue weighted by molar-refractivity contribution is 14.1. The van der Waals surface area contributed by atoms with E-state index in [9.17, 15) is 18.0 Å². The second-order valence-electron chi connectivity index (χ2n) is 8.21. The van der Waals surface area contributed by atoms with Crippen LogP contribution < -0.4 is 9.62 Å². The van der Waals surface area contributed by atoms with E-state index < -0.39 is 28.5 Å². The minimum Gasteiger partial charge on any atom is -0.354 e. The molecule has 0 heterocycles. The van der Waals surface area contributed by atoms with E-state index in [1.807, 2.05) is 38.1 Å². The third kappa shape index (κ3) is 8.56. The van der Waals surface area contributed by atoms with E-state index in [0.717, 1.165) is 24.2 Å². The van der Waals surface area contributed by atoms with Gasteiger partial charge in [-0.05, 0) is 77.4 Å². The Balaban J connectivity index is 2.35. The van der Waals surface area contributed by atoms with Gasteiger partial charge in [0.1, 0.15) is 12.6 Å². The molecule has 10 heteroatoms. The first-order valence-corrected chi connectivity index (χ1v) is 14.2. The van der Waals surface area contributed by atoms with Gasteiger partial charge in [-0.2, -0.15) is 0 Å². The van der Waals surface area contributed by atoms with Gasteiger partial charge in [0, 0.05) is 21.1 Å². The van der Waals surface area contributed by atoms with Gasteiger partial charge in [-0.1, -0.05) is 41.9 Å². The number of carbonyl (C=O) groups is 2. The average Bonchev–Trinajstić information content (AvgIpc) is 2.73. The molecule has 0 fully saturated rings. The lowest BCUT2D eigenvalue weighted by Crippen LogP contribution is -2.51. The standard InChI is InChI=1S/C23H29BrIN3O4S/c1-16(2)13-26-23(30)17(3)27(14-18-6-5-7-19(24)12-18)22(29)15-28(33(4,31)32)21-10-8-20(25)9-11-21/h5-12,16-17H,13-15H2,1-4H3,(H,26,30)/t17-/m1/s1. The lowest BCUT2D eigenvalue weighted by atomic mass is 10.1. The maximum atomic E-state index is 13.4. The van der Waals surface area contributed by atoms with Gasteiger partial charge >= 0.3 is 0 Å². The molecule has 2 amide bonds. The SMILES string of the molecule is CC(C)CNC(=O)[C@@H](C)N(Cc1cccc(Br)c1)C(=O)CN(c1ccc(I)cc1)S(C)(=O)=O. The van der Waals surface area contributed by atoms with Crippen LogP contribution in [0.5, 0.6) is 0 Å². The molecule has 2 rings (SSSR count). The van der Waals surface area contributed by atoms with Crippen LogP contribution in [0.15, 0.2) is 53.0 Å². The monoisotopic (exact) mass is 649 g/mol. The largest absolute Gasteiger partial charge is 0.354 e. The van der Waals surface area contributed by atoms with Crippen molar-refractivity contribution >= 4 is 66.0 Å². The van der Waals surface area contributed by atoms with Gasteiger partial charge < -0.3 is 10.2 Å². The van der Waals surface area contributed by atoms with Crippen molar-refractivity contribution in [3.05, 3.63) is 62.1 Å². The molecule has 0 radical (unpaired) electrons. The fourth-order valence-electron chi connectivity index (χ4n) is 3.09. The minimum absolute atomic E-state index is 0.166. The van der Waals surface area contributed by atoms with Gasteiger partial charge in [0.15, 0.2) is 0 Å². The molecule has 0 aliphatic rings. The molecular formula is C23H29BrIN3O4S. The highest BCUT2D eigenvalue weighted by Gasteiger charge is 2.30. The predicted octanol–water partition coefficient (Wildman–Crippen LogP) is 4.01. The van der Waals surface area contributed by atoms with E-state index in [-0.39, 0.29) is 18.4 Å². The Morgan fingerprint density at radius 3 is 2.27 bits per heavy atom. The Morgan fingerprint density at radius 2 is 1.73 bits per heavy atom. The molecule has 2 aromatic carbocycles. The topological polar surface area (TPSA) is 86.8 Å². The Labute approximate surface area is 218 Å². The normalized spacial score (nSPS) is 12.3. The average molecular weight is 650 g/mol. The molecule has 0 spiro atoms. The number of anilines is 1. The second kappa shape index (κ2) is 12.2. The third-order valence-corrected chi connectivity index (χ3v) is 7.24. The van der Waals surface area contributed by atoms with Crippen molar-refractivity contribution in [2.24, 2.45) is 5.92 Å². The van der Waals surface area contributed by atoms with E-state index in [4.69, 9.17) is 0 Å². The van der Waals surface area contributed by atoms with Gasteiger partial charge in [-0.15, -0.1) is 0 Å². The molecule has 0 aliphatic heterocycles. The summed E-state index contributed by atoms with van der Waals surface area (Å²) >= 11 is 5.56. The molecule has 0 aromatic heterocycles. The number of rotatable bonds is 10. The van der Waals surface area contributed by atoms with Gasteiger partial charge in [0.05, 0.1) is 11.9 Å². The summed E-state index contributed by atoms with van der Waals surface area (Å²) in [5.41, 5.74) is 1.21. The number of amides is 2. The van der Waals surface area contributed by atoms with Gasteiger partial charge in [0.2, 0.25) is 21.8 Å². The molecule has 0 bridgehead atoms. The molecular weight excluding hydrogens is 621 g/mol. The lowest BCUT2D eigenvalue weighted by molar-refractivity contribution is -0.139. The zero-order valence-corrected chi connectivity index (χ0v) is 23.6. The number of halogens is 2. The van der Waals surface area contributed by atoms with E-state index in [1.54, 1.807) is 31.2 Å². The van der Waals surface area contributed by atoms with Crippen molar-refractivity contribution in [3.8, 4) is 0 Å². The van der Waals surface area contributed by atoms with Crippen LogP contribution in [0.3, 0.4) is 0 Å². The Bertz CT molecular complexity index is 1080. The molecule has 2 aromatic rings. The molecule has 180 valence electrons. The van der Waals surface area contributed by atoms with Crippen LogP contribution in [0, 0.1) is 9.49 Å². The number of benzene rings is 2. The van der Waals surface area contributed by atoms with Crippen LogP contribution in [0.4, 0.5) is 5.69 Å². The summed E-state index contributed by atoms with van der Waals surface area (Å²) in [4.78, 5) is 27.7. The van der Waals surface area contributed by atoms with Gasteiger partial charge in [0.25, 0.3) is 0 Å². The summed E-state index contributed by atoms with van der Waals surface area (Å²) < 4.78 is 27.9. The maximum Gasteiger partial charge on any atom is 0.244 e. The third-order valence-electron chi connectivity index (χ3n) is 4.89. The Morgan fingerprint density at radius 1 is 1.09 bits per heavy atom. The lowest BCUT2D eigenvalue weighted by Gasteiger charge is -2.31. The zero-order valence-electron chi connectivity index (χ0n) is 19.1. The first kappa shape index (κ1) is 27.6.